The van der Waals surface area contributed by atoms with Crippen molar-refractivity contribution in [2.45, 2.75) is 31.1 Å². The van der Waals surface area contributed by atoms with Crippen molar-refractivity contribution in [3.05, 3.63) is 22.4 Å². The van der Waals surface area contributed by atoms with Gasteiger partial charge in [0.1, 0.15) is 5.37 Å². The smallest absolute Gasteiger partial charge is 0.233 e. The van der Waals surface area contributed by atoms with Crippen molar-refractivity contribution < 1.29 is 4.79 Å². The molecule has 3 heterocycles. The molecule has 1 amide bonds. The Morgan fingerprint density at radius 3 is 2.80 bits per heavy atom. The van der Waals surface area contributed by atoms with Crippen molar-refractivity contribution in [3.8, 4) is 0 Å². The molecule has 0 aliphatic carbocycles. The number of amides is 1. The van der Waals surface area contributed by atoms with Crippen molar-refractivity contribution >= 4 is 29.0 Å². The van der Waals surface area contributed by atoms with Crippen molar-refractivity contribution in [2.24, 2.45) is 0 Å². The summed E-state index contributed by atoms with van der Waals surface area (Å²) >= 11 is 3.54. The fraction of sp³-hybridized carbons (Fsp3) is 0.667. The fourth-order valence-corrected chi connectivity index (χ4v) is 5.21. The minimum absolute atomic E-state index is 0.267. The lowest BCUT2D eigenvalue weighted by Gasteiger charge is -2.28. The van der Waals surface area contributed by atoms with Crippen LogP contribution in [0.5, 0.6) is 0 Å². The minimum Gasteiger partial charge on any atom is -0.325 e. The van der Waals surface area contributed by atoms with E-state index in [1.54, 1.807) is 23.1 Å². The summed E-state index contributed by atoms with van der Waals surface area (Å²) in [6.45, 7) is 4.55. The molecule has 1 aromatic rings. The first kappa shape index (κ1) is 14.4. The number of hydrogen-bond donors (Lipinski definition) is 0. The zero-order valence-electron chi connectivity index (χ0n) is 11.8. The number of carbonyl (C=O) groups is 1. The van der Waals surface area contributed by atoms with E-state index in [1.165, 1.54) is 37.2 Å². The summed E-state index contributed by atoms with van der Waals surface area (Å²) in [6, 6.07) is 4.23. The number of thioether (sulfide) groups is 1. The van der Waals surface area contributed by atoms with Crippen molar-refractivity contribution in [1.82, 2.24) is 9.80 Å². The summed E-state index contributed by atoms with van der Waals surface area (Å²) in [5, 5.41) is 2.37. The molecule has 0 N–H and O–H groups in total. The Morgan fingerprint density at radius 2 is 2.05 bits per heavy atom. The number of rotatable bonds is 5. The summed E-state index contributed by atoms with van der Waals surface area (Å²) in [4.78, 5) is 18.0. The second kappa shape index (κ2) is 6.96. The molecule has 1 aromatic heterocycles. The molecule has 1 unspecified atom stereocenters. The number of likely N-dealkylation sites (tertiary alicyclic amines) is 1. The second-order valence-corrected chi connectivity index (χ2v) is 7.57. The minimum atomic E-state index is 0.267. The molecule has 5 heteroatoms. The number of piperidine rings is 1. The molecule has 2 saturated heterocycles. The second-order valence-electron chi connectivity index (χ2n) is 5.52. The monoisotopic (exact) mass is 310 g/mol. The van der Waals surface area contributed by atoms with Crippen LogP contribution in [0.4, 0.5) is 0 Å². The van der Waals surface area contributed by atoms with Gasteiger partial charge in [-0.15, -0.1) is 23.1 Å². The van der Waals surface area contributed by atoms with Gasteiger partial charge >= 0.3 is 0 Å². The lowest BCUT2D eigenvalue weighted by molar-refractivity contribution is -0.128. The Labute approximate surface area is 129 Å². The van der Waals surface area contributed by atoms with Crippen LogP contribution < -0.4 is 0 Å². The molecule has 0 saturated carbocycles. The molecule has 0 spiro atoms. The molecular formula is C15H22N2OS2. The molecule has 0 bridgehead atoms. The summed E-state index contributed by atoms with van der Waals surface area (Å²) < 4.78 is 0. The highest BCUT2D eigenvalue weighted by molar-refractivity contribution is 8.00. The van der Waals surface area contributed by atoms with Crippen LogP contribution in [0.2, 0.25) is 0 Å². The molecule has 110 valence electrons. The number of nitrogens with zero attached hydrogens (tertiary/aromatic N) is 2. The van der Waals surface area contributed by atoms with Gasteiger partial charge in [0, 0.05) is 11.4 Å². The third-order valence-corrected chi connectivity index (χ3v) is 6.39. The van der Waals surface area contributed by atoms with E-state index in [4.69, 9.17) is 0 Å². The maximum absolute atomic E-state index is 12.1. The molecule has 2 fully saturated rings. The maximum atomic E-state index is 12.1. The quantitative estimate of drug-likeness (QED) is 0.834. The largest absolute Gasteiger partial charge is 0.325 e. The molecule has 2 aliphatic rings. The Bertz CT molecular complexity index is 429. The van der Waals surface area contributed by atoms with E-state index < -0.39 is 0 Å². The van der Waals surface area contributed by atoms with Gasteiger partial charge in [-0.2, -0.15) is 0 Å². The first-order valence-electron chi connectivity index (χ1n) is 7.51. The highest BCUT2D eigenvalue weighted by Gasteiger charge is 2.32. The van der Waals surface area contributed by atoms with Gasteiger partial charge in [0.2, 0.25) is 5.91 Å². The summed E-state index contributed by atoms with van der Waals surface area (Å²) in [6.07, 6.45) is 5.18. The van der Waals surface area contributed by atoms with Crippen molar-refractivity contribution in [1.29, 1.82) is 0 Å². The average molecular weight is 310 g/mol. The molecular weight excluding hydrogens is 288 g/mol. The number of thiophene rings is 1. The van der Waals surface area contributed by atoms with Crippen LogP contribution in [0.25, 0.3) is 0 Å². The zero-order chi connectivity index (χ0) is 13.8. The molecule has 0 aromatic carbocycles. The number of hydrogen-bond acceptors (Lipinski definition) is 4. The normalized spacial score (nSPS) is 24.5. The van der Waals surface area contributed by atoms with Gasteiger partial charge in [-0.25, -0.2) is 0 Å². The highest BCUT2D eigenvalue weighted by atomic mass is 32.2. The van der Waals surface area contributed by atoms with Crippen molar-refractivity contribution in [2.75, 3.05) is 31.9 Å². The summed E-state index contributed by atoms with van der Waals surface area (Å²) in [5.74, 6) is 0.957. The van der Waals surface area contributed by atoms with Crippen LogP contribution in [0.3, 0.4) is 0 Å². The Hall–Kier alpha value is -0.520. The third-order valence-electron chi connectivity index (χ3n) is 4.08. The van der Waals surface area contributed by atoms with E-state index in [-0.39, 0.29) is 5.37 Å². The number of carbonyl (C=O) groups excluding carboxylic acids is 1. The van der Waals surface area contributed by atoms with Crippen LogP contribution in [-0.2, 0) is 4.79 Å². The van der Waals surface area contributed by atoms with Crippen LogP contribution >= 0.6 is 23.1 Å². The first-order chi connectivity index (χ1) is 9.84. The summed E-state index contributed by atoms with van der Waals surface area (Å²) in [5.41, 5.74) is 0. The Morgan fingerprint density at radius 1 is 1.20 bits per heavy atom. The zero-order valence-corrected chi connectivity index (χ0v) is 13.4. The van der Waals surface area contributed by atoms with Gasteiger partial charge in [-0.05, 0) is 50.3 Å². The molecule has 3 nitrogen and oxygen atoms in total. The van der Waals surface area contributed by atoms with Gasteiger partial charge in [-0.1, -0.05) is 12.5 Å². The van der Waals surface area contributed by atoms with Crippen molar-refractivity contribution in [3.63, 3.8) is 0 Å². The van der Waals surface area contributed by atoms with Crippen LogP contribution in [0.15, 0.2) is 17.5 Å². The standard InChI is InChI=1S/C15H22N2OS2/c18-14-12-20-15(13-6-4-11-19-13)17(14)10-5-9-16-7-2-1-3-8-16/h4,6,11,15H,1-3,5,7-10,12H2. The lowest BCUT2D eigenvalue weighted by atomic mass is 10.1. The van der Waals surface area contributed by atoms with Crippen LogP contribution in [-0.4, -0.2) is 47.6 Å². The molecule has 0 radical (unpaired) electrons. The van der Waals surface area contributed by atoms with E-state index in [2.05, 4.69) is 27.3 Å². The fourth-order valence-electron chi connectivity index (χ4n) is 3.01. The molecule has 2 aliphatic heterocycles. The third kappa shape index (κ3) is 3.38. The van der Waals surface area contributed by atoms with Gasteiger partial charge in [-0.3, -0.25) is 4.79 Å². The average Bonchev–Trinajstić information content (AvgIpc) is 3.11. The SMILES string of the molecule is O=C1CSC(c2cccs2)N1CCCN1CCCCC1. The van der Waals surface area contributed by atoms with E-state index in [1.807, 2.05) is 0 Å². The van der Waals surface area contributed by atoms with Gasteiger partial charge in [0.25, 0.3) is 0 Å². The topological polar surface area (TPSA) is 23.6 Å². The van der Waals surface area contributed by atoms with Gasteiger partial charge in [0.05, 0.1) is 5.75 Å². The Balaban J connectivity index is 1.50. The van der Waals surface area contributed by atoms with Gasteiger partial charge in [0.15, 0.2) is 0 Å². The summed E-state index contributed by atoms with van der Waals surface area (Å²) in [7, 11) is 0. The van der Waals surface area contributed by atoms with Crippen LogP contribution in [0, 0.1) is 0 Å². The molecule has 3 rings (SSSR count). The van der Waals surface area contributed by atoms with Gasteiger partial charge < -0.3 is 9.80 Å². The highest BCUT2D eigenvalue weighted by Crippen LogP contribution is 2.40. The van der Waals surface area contributed by atoms with E-state index >= 15 is 0 Å². The lowest BCUT2D eigenvalue weighted by Crippen LogP contribution is -2.34. The molecule has 1 atom stereocenters. The maximum Gasteiger partial charge on any atom is 0.233 e. The first-order valence-corrected chi connectivity index (χ1v) is 9.44. The van der Waals surface area contributed by atoms with Crippen LogP contribution in [0.1, 0.15) is 35.9 Å². The van der Waals surface area contributed by atoms with E-state index in [9.17, 15) is 4.79 Å². The Kier molecular flexibility index (Phi) is 5.02. The molecule has 20 heavy (non-hydrogen) atoms. The van der Waals surface area contributed by atoms with E-state index in [0.717, 1.165) is 19.5 Å². The predicted octanol–water partition coefficient (Wildman–Crippen LogP) is 3.20. The van der Waals surface area contributed by atoms with E-state index in [0.29, 0.717) is 11.7 Å². The predicted molar refractivity (Wildman–Crippen MR) is 86.1 cm³/mol.